The molecule has 1 aromatic carbocycles. The Morgan fingerprint density at radius 3 is 2.57 bits per heavy atom. The van der Waals surface area contributed by atoms with Crippen LogP contribution in [0.2, 0.25) is 0 Å². The van der Waals surface area contributed by atoms with Gasteiger partial charge in [-0.25, -0.2) is 9.13 Å². The molecule has 5 heteroatoms. The predicted octanol–water partition coefficient (Wildman–Crippen LogP) is 1.33. The Bertz CT molecular complexity index is 605. The third-order valence-corrected chi connectivity index (χ3v) is 2.66. The largest absolute Gasteiger partial charge is 0.354 e. The first-order valence-corrected chi connectivity index (χ1v) is 5.13. The molecule has 2 rings (SSSR count). The van der Waals surface area contributed by atoms with Crippen molar-refractivity contribution in [3.8, 4) is 0 Å². The van der Waals surface area contributed by atoms with Crippen molar-refractivity contribution in [2.45, 2.75) is 0 Å². The highest BCUT2D eigenvalue weighted by molar-refractivity contribution is 7.40. The fourth-order valence-electron chi connectivity index (χ4n) is 1.27. The zero-order valence-corrected chi connectivity index (χ0v) is 7.95. The molecule has 2 aromatic rings. The van der Waals surface area contributed by atoms with Gasteiger partial charge in [-0.05, 0) is 17.5 Å². The number of hydrogen-bond acceptors (Lipinski definition) is 3. The van der Waals surface area contributed by atoms with E-state index < -0.39 is 13.2 Å². The standard InChI is InChI=1S/C9H6NO3P/c11-9-8(14(12)13)5-6-3-1-2-4-7(6)10-9/h1-5H,(H,10,11). The minimum absolute atomic E-state index is 0.196. The molecule has 1 heterocycles. The van der Waals surface area contributed by atoms with E-state index in [0.29, 0.717) is 10.9 Å². The molecule has 0 unspecified atom stereocenters. The van der Waals surface area contributed by atoms with Gasteiger partial charge in [0.1, 0.15) is 5.30 Å². The number of benzene rings is 1. The maximum atomic E-state index is 11.2. The molecule has 0 spiro atoms. The van der Waals surface area contributed by atoms with Crippen LogP contribution in [-0.4, -0.2) is 4.98 Å². The zero-order valence-electron chi connectivity index (χ0n) is 7.06. The minimum atomic E-state index is -2.83. The van der Waals surface area contributed by atoms with E-state index in [2.05, 4.69) is 4.98 Å². The summed E-state index contributed by atoms with van der Waals surface area (Å²) in [5.41, 5.74) is 0.0675. The predicted molar refractivity (Wildman–Crippen MR) is 52.5 cm³/mol. The van der Waals surface area contributed by atoms with Crippen LogP contribution < -0.4 is 10.9 Å². The molecule has 0 aliphatic carbocycles. The molecule has 4 nitrogen and oxygen atoms in total. The molecule has 0 saturated heterocycles. The van der Waals surface area contributed by atoms with Crippen molar-refractivity contribution in [3.05, 3.63) is 40.7 Å². The summed E-state index contributed by atoms with van der Waals surface area (Å²) in [5.74, 6) is 0. The lowest BCUT2D eigenvalue weighted by Crippen LogP contribution is -2.21. The average Bonchev–Trinajstić information content (AvgIpc) is 2.16. The molecule has 0 bridgehead atoms. The van der Waals surface area contributed by atoms with Crippen molar-refractivity contribution < 1.29 is 9.13 Å². The van der Waals surface area contributed by atoms with Crippen LogP contribution >= 0.6 is 7.68 Å². The molecule has 0 aliphatic heterocycles. The minimum Gasteiger partial charge on any atom is -0.321 e. The summed E-state index contributed by atoms with van der Waals surface area (Å²) in [7, 11) is -2.83. The number of aromatic amines is 1. The van der Waals surface area contributed by atoms with Crippen LogP contribution in [0.4, 0.5) is 0 Å². The van der Waals surface area contributed by atoms with E-state index in [4.69, 9.17) is 0 Å². The fraction of sp³-hybridized carbons (Fsp3) is 0. The van der Waals surface area contributed by atoms with E-state index in [0.717, 1.165) is 0 Å². The first-order valence-electron chi connectivity index (χ1n) is 3.95. The van der Waals surface area contributed by atoms with Crippen LogP contribution in [0.3, 0.4) is 0 Å². The molecule has 0 fully saturated rings. The van der Waals surface area contributed by atoms with Crippen LogP contribution in [0, 0.1) is 0 Å². The van der Waals surface area contributed by atoms with Gasteiger partial charge in [0, 0.05) is 5.52 Å². The maximum Gasteiger partial charge on any atom is 0.354 e. The molecule has 70 valence electrons. The maximum absolute atomic E-state index is 11.2. The van der Waals surface area contributed by atoms with Gasteiger partial charge in [0.15, 0.2) is 0 Å². The Morgan fingerprint density at radius 1 is 1.14 bits per heavy atom. The Labute approximate surface area is 79.4 Å². The third kappa shape index (κ3) is 1.40. The Hall–Kier alpha value is -1.67. The van der Waals surface area contributed by atoms with Gasteiger partial charge in [0.05, 0.1) is 0 Å². The smallest absolute Gasteiger partial charge is 0.321 e. The first kappa shape index (κ1) is 8.91. The van der Waals surface area contributed by atoms with Gasteiger partial charge in [-0.2, -0.15) is 0 Å². The van der Waals surface area contributed by atoms with Gasteiger partial charge in [-0.1, -0.05) is 18.2 Å². The lowest BCUT2D eigenvalue weighted by atomic mass is 10.2. The molecule has 0 amide bonds. The number of hydrogen-bond donors (Lipinski definition) is 1. The lowest BCUT2D eigenvalue weighted by molar-refractivity contribution is 0.522. The van der Waals surface area contributed by atoms with Crippen LogP contribution in [-0.2, 0) is 9.13 Å². The van der Waals surface area contributed by atoms with Crippen LogP contribution in [0.25, 0.3) is 10.9 Å². The average molecular weight is 207 g/mol. The molecule has 1 N–H and O–H groups in total. The SMILES string of the molecule is O=c1[nH]c2ccccc2cc1P(=O)=O. The van der Waals surface area contributed by atoms with Crippen molar-refractivity contribution >= 4 is 23.9 Å². The summed E-state index contributed by atoms with van der Waals surface area (Å²) < 4.78 is 21.4. The van der Waals surface area contributed by atoms with E-state index in [1.54, 1.807) is 24.3 Å². The summed E-state index contributed by atoms with van der Waals surface area (Å²) in [6, 6.07) is 8.39. The van der Waals surface area contributed by atoms with Gasteiger partial charge >= 0.3 is 7.68 Å². The molecular formula is C9H6NO3P. The first-order chi connectivity index (χ1) is 6.68. The van der Waals surface area contributed by atoms with Crippen LogP contribution in [0.5, 0.6) is 0 Å². The number of aromatic nitrogens is 1. The van der Waals surface area contributed by atoms with Gasteiger partial charge < -0.3 is 4.98 Å². The van der Waals surface area contributed by atoms with Gasteiger partial charge in [-0.3, -0.25) is 4.79 Å². The number of nitrogens with one attached hydrogen (secondary N) is 1. The second-order valence-electron chi connectivity index (χ2n) is 2.83. The molecule has 14 heavy (non-hydrogen) atoms. The third-order valence-electron chi connectivity index (χ3n) is 1.93. The normalized spacial score (nSPS) is 10.3. The highest BCUT2D eigenvalue weighted by Crippen LogP contribution is 2.09. The van der Waals surface area contributed by atoms with Crippen molar-refractivity contribution in [1.29, 1.82) is 0 Å². The van der Waals surface area contributed by atoms with Crippen molar-refractivity contribution in [3.63, 3.8) is 0 Å². The van der Waals surface area contributed by atoms with Crippen molar-refractivity contribution in [2.24, 2.45) is 0 Å². The van der Waals surface area contributed by atoms with Crippen LogP contribution in [0.15, 0.2) is 35.1 Å². The van der Waals surface area contributed by atoms with Crippen molar-refractivity contribution in [2.75, 3.05) is 0 Å². The zero-order chi connectivity index (χ0) is 10.1. The second-order valence-corrected chi connectivity index (χ2v) is 3.82. The van der Waals surface area contributed by atoms with E-state index in [9.17, 15) is 13.9 Å². The van der Waals surface area contributed by atoms with E-state index in [1.165, 1.54) is 6.07 Å². The lowest BCUT2D eigenvalue weighted by Gasteiger charge is -1.96. The molecule has 0 atom stereocenters. The van der Waals surface area contributed by atoms with Gasteiger partial charge in [0.25, 0.3) is 5.56 Å². The molecule has 0 radical (unpaired) electrons. The number of fused-ring (bicyclic) bond motifs is 1. The summed E-state index contributed by atoms with van der Waals surface area (Å²) in [5, 5.41) is 0.514. The van der Waals surface area contributed by atoms with Gasteiger partial charge in [-0.15, -0.1) is 0 Å². The Morgan fingerprint density at radius 2 is 1.86 bits per heavy atom. The monoisotopic (exact) mass is 207 g/mol. The number of rotatable bonds is 1. The highest BCUT2D eigenvalue weighted by Gasteiger charge is 2.06. The van der Waals surface area contributed by atoms with Crippen molar-refractivity contribution in [1.82, 2.24) is 4.98 Å². The summed E-state index contributed by atoms with van der Waals surface area (Å²) in [4.78, 5) is 13.7. The summed E-state index contributed by atoms with van der Waals surface area (Å²) in [6.07, 6.45) is 0. The molecular weight excluding hydrogens is 201 g/mol. The summed E-state index contributed by atoms with van der Waals surface area (Å²) in [6.45, 7) is 0. The Balaban J connectivity index is 2.91. The van der Waals surface area contributed by atoms with E-state index in [1.807, 2.05) is 0 Å². The second kappa shape index (κ2) is 3.24. The number of H-pyrrole nitrogens is 1. The Kier molecular flexibility index (Phi) is 2.06. The summed E-state index contributed by atoms with van der Waals surface area (Å²) >= 11 is 0. The molecule has 0 saturated carbocycles. The van der Waals surface area contributed by atoms with E-state index in [-0.39, 0.29) is 5.30 Å². The quantitative estimate of drug-likeness (QED) is 0.717. The topological polar surface area (TPSA) is 67.0 Å². The van der Waals surface area contributed by atoms with Gasteiger partial charge in [0.2, 0.25) is 0 Å². The number of para-hydroxylation sites is 1. The molecule has 1 aromatic heterocycles. The fourth-order valence-corrected chi connectivity index (χ4v) is 1.74. The number of pyridine rings is 1. The van der Waals surface area contributed by atoms with E-state index >= 15 is 0 Å². The highest BCUT2D eigenvalue weighted by atomic mass is 31.1. The molecule has 0 aliphatic rings. The van der Waals surface area contributed by atoms with Crippen LogP contribution in [0.1, 0.15) is 0 Å².